The van der Waals surface area contributed by atoms with E-state index < -0.39 is 10.0 Å². The number of rotatable bonds is 3. The molecule has 1 fully saturated rings. The Kier molecular flexibility index (Phi) is 5.63. The Labute approximate surface area is 177 Å². The van der Waals surface area contributed by atoms with Gasteiger partial charge in [-0.15, -0.1) is 0 Å². The summed E-state index contributed by atoms with van der Waals surface area (Å²) >= 11 is 0. The number of anilines is 1. The molecule has 0 radical (unpaired) electrons. The summed E-state index contributed by atoms with van der Waals surface area (Å²) < 4.78 is 27.4. The summed E-state index contributed by atoms with van der Waals surface area (Å²) in [5, 5.41) is 9.25. The van der Waals surface area contributed by atoms with E-state index in [1.165, 1.54) is 27.6 Å². The normalized spacial score (nSPS) is 17.9. The number of carbonyl (C=O) groups is 1. The molecule has 30 heavy (non-hydrogen) atoms. The van der Waals surface area contributed by atoms with Gasteiger partial charge in [-0.05, 0) is 56.4 Å². The summed E-state index contributed by atoms with van der Waals surface area (Å²) in [5.74, 6) is -0.0933. The molecule has 2 aromatic rings. The van der Waals surface area contributed by atoms with Gasteiger partial charge in [0.25, 0.3) is 0 Å². The zero-order chi connectivity index (χ0) is 21.3. The van der Waals surface area contributed by atoms with E-state index in [2.05, 4.69) is 13.0 Å². The lowest BCUT2D eigenvalue weighted by atomic mass is 9.93. The molecule has 0 unspecified atom stereocenters. The Bertz CT molecular complexity index is 1110. The Balaban J connectivity index is 1.48. The van der Waals surface area contributed by atoms with Crippen molar-refractivity contribution < 1.29 is 13.2 Å². The molecule has 156 valence electrons. The molecule has 2 aliphatic rings. The lowest BCUT2D eigenvalue weighted by Gasteiger charge is -2.36. The second kappa shape index (κ2) is 8.21. The van der Waals surface area contributed by atoms with Crippen molar-refractivity contribution in [2.75, 3.05) is 24.5 Å². The van der Waals surface area contributed by atoms with Gasteiger partial charge in [0.2, 0.25) is 15.9 Å². The fraction of sp³-hybridized carbons (Fsp3) is 0.391. The van der Waals surface area contributed by atoms with Crippen LogP contribution in [0.25, 0.3) is 0 Å². The summed E-state index contributed by atoms with van der Waals surface area (Å²) in [6.07, 6.45) is 2.91. The molecule has 2 aromatic carbocycles. The van der Waals surface area contributed by atoms with Gasteiger partial charge in [-0.25, -0.2) is 8.42 Å². The number of amides is 1. The average molecular weight is 424 g/mol. The maximum atomic E-state index is 13.2. The topological polar surface area (TPSA) is 81.5 Å². The van der Waals surface area contributed by atoms with Gasteiger partial charge in [0.1, 0.15) is 6.07 Å². The van der Waals surface area contributed by atoms with Crippen LogP contribution >= 0.6 is 0 Å². The van der Waals surface area contributed by atoms with Crippen LogP contribution in [0.1, 0.15) is 36.0 Å². The third-order valence-electron chi connectivity index (χ3n) is 6.05. The maximum Gasteiger partial charge on any atom is 0.244 e. The third kappa shape index (κ3) is 3.73. The van der Waals surface area contributed by atoms with Crippen LogP contribution in [0, 0.1) is 24.2 Å². The molecule has 7 heteroatoms. The number of nitriles is 1. The molecule has 1 saturated heterocycles. The number of piperidine rings is 1. The van der Waals surface area contributed by atoms with Gasteiger partial charge < -0.3 is 4.90 Å². The number of nitrogens with zero attached hydrogens (tertiary/aromatic N) is 3. The first-order chi connectivity index (χ1) is 14.4. The molecular formula is C23H25N3O3S. The lowest BCUT2D eigenvalue weighted by Crippen LogP contribution is -2.45. The van der Waals surface area contributed by atoms with Crippen molar-refractivity contribution in [3.63, 3.8) is 0 Å². The van der Waals surface area contributed by atoms with Gasteiger partial charge in [0.05, 0.1) is 10.5 Å². The van der Waals surface area contributed by atoms with Gasteiger partial charge in [0.15, 0.2) is 0 Å². The van der Waals surface area contributed by atoms with E-state index in [0.29, 0.717) is 19.4 Å². The minimum atomic E-state index is -3.75. The lowest BCUT2D eigenvalue weighted by molar-refractivity contribution is -0.123. The van der Waals surface area contributed by atoms with E-state index in [1.807, 2.05) is 23.1 Å². The Hall–Kier alpha value is -2.69. The highest BCUT2D eigenvalue weighted by molar-refractivity contribution is 7.89. The summed E-state index contributed by atoms with van der Waals surface area (Å²) in [6, 6.07) is 14.4. The van der Waals surface area contributed by atoms with Crippen molar-refractivity contribution in [3.05, 3.63) is 59.2 Å². The highest BCUT2D eigenvalue weighted by atomic mass is 32.2. The van der Waals surface area contributed by atoms with Crippen molar-refractivity contribution in [2.45, 2.75) is 37.5 Å². The average Bonchev–Trinajstić information content (AvgIpc) is 2.78. The number of fused-ring (bicyclic) bond motifs is 1. The maximum absolute atomic E-state index is 13.2. The summed E-state index contributed by atoms with van der Waals surface area (Å²) in [7, 11) is -3.75. The van der Waals surface area contributed by atoms with Gasteiger partial charge in [0, 0.05) is 31.2 Å². The quantitative estimate of drug-likeness (QED) is 0.759. The van der Waals surface area contributed by atoms with E-state index in [1.54, 1.807) is 12.1 Å². The molecular weight excluding hydrogens is 398 g/mol. The van der Waals surface area contributed by atoms with E-state index in [-0.39, 0.29) is 35.4 Å². The third-order valence-corrected chi connectivity index (χ3v) is 8.00. The van der Waals surface area contributed by atoms with Gasteiger partial charge in [-0.3, -0.25) is 4.79 Å². The van der Waals surface area contributed by atoms with Crippen molar-refractivity contribution in [1.82, 2.24) is 4.31 Å². The predicted octanol–water partition coefficient (Wildman–Crippen LogP) is 3.25. The fourth-order valence-electron chi connectivity index (χ4n) is 4.44. The van der Waals surface area contributed by atoms with Gasteiger partial charge in [-0.1, -0.05) is 29.8 Å². The Morgan fingerprint density at radius 1 is 1.10 bits per heavy atom. The van der Waals surface area contributed by atoms with Crippen LogP contribution in [0.3, 0.4) is 0 Å². The largest absolute Gasteiger partial charge is 0.312 e. The smallest absolute Gasteiger partial charge is 0.244 e. The summed E-state index contributed by atoms with van der Waals surface area (Å²) in [5.41, 5.74) is 3.55. The Morgan fingerprint density at radius 2 is 1.83 bits per heavy atom. The molecule has 1 amide bonds. The van der Waals surface area contributed by atoms with Crippen LogP contribution in [0.2, 0.25) is 0 Å². The minimum absolute atomic E-state index is 0.0394. The number of sulfonamides is 1. The molecule has 4 rings (SSSR count). The predicted molar refractivity (Wildman–Crippen MR) is 114 cm³/mol. The van der Waals surface area contributed by atoms with Crippen LogP contribution in [0.5, 0.6) is 0 Å². The monoisotopic (exact) mass is 423 g/mol. The van der Waals surface area contributed by atoms with Crippen molar-refractivity contribution in [2.24, 2.45) is 5.92 Å². The number of benzene rings is 2. The molecule has 0 N–H and O–H groups in total. The van der Waals surface area contributed by atoms with E-state index in [4.69, 9.17) is 0 Å². The number of aryl methyl sites for hydroxylation is 2. The first-order valence-electron chi connectivity index (χ1n) is 10.3. The van der Waals surface area contributed by atoms with E-state index in [0.717, 1.165) is 18.5 Å². The first kappa shape index (κ1) is 20.6. The second-order valence-corrected chi connectivity index (χ2v) is 9.92. The fourth-order valence-corrected chi connectivity index (χ4v) is 6.05. The van der Waals surface area contributed by atoms with E-state index in [9.17, 15) is 18.5 Å². The van der Waals surface area contributed by atoms with Crippen molar-refractivity contribution in [1.29, 1.82) is 5.26 Å². The Morgan fingerprint density at radius 3 is 2.57 bits per heavy atom. The molecule has 2 heterocycles. The zero-order valence-electron chi connectivity index (χ0n) is 17.0. The summed E-state index contributed by atoms with van der Waals surface area (Å²) in [4.78, 5) is 15.2. The molecule has 0 aliphatic carbocycles. The molecule has 0 bridgehead atoms. The first-order valence-corrected chi connectivity index (χ1v) is 11.8. The van der Waals surface area contributed by atoms with E-state index >= 15 is 0 Å². The molecule has 0 spiro atoms. The molecule has 0 atom stereocenters. The molecule has 0 saturated carbocycles. The highest BCUT2D eigenvalue weighted by Gasteiger charge is 2.35. The van der Waals surface area contributed by atoms with Gasteiger partial charge >= 0.3 is 0 Å². The molecule has 0 aromatic heterocycles. The SMILES string of the molecule is Cc1ccc2c(c1)CCCN2C(=O)C1CCN(S(=O)(=O)c2ccccc2C#N)CC1. The summed E-state index contributed by atoms with van der Waals surface area (Å²) in [6.45, 7) is 3.34. The zero-order valence-corrected chi connectivity index (χ0v) is 17.9. The molecule has 6 nitrogen and oxygen atoms in total. The standard InChI is InChI=1S/C23H25N3O3S/c1-17-8-9-21-19(15-17)6-4-12-26(21)23(27)18-10-13-25(14-11-18)30(28,29)22-7-3-2-5-20(22)16-24/h2-3,5,7-9,15,18H,4,6,10-14H2,1H3. The number of hydrogen-bond donors (Lipinski definition) is 0. The van der Waals surface area contributed by atoms with Crippen LogP contribution in [-0.2, 0) is 21.2 Å². The minimum Gasteiger partial charge on any atom is -0.312 e. The number of hydrogen-bond acceptors (Lipinski definition) is 4. The van der Waals surface area contributed by atoms with Gasteiger partial charge in [-0.2, -0.15) is 9.57 Å². The van der Waals surface area contributed by atoms with Crippen molar-refractivity contribution in [3.8, 4) is 6.07 Å². The number of carbonyl (C=O) groups excluding carboxylic acids is 1. The second-order valence-electron chi connectivity index (χ2n) is 8.01. The van der Waals surface area contributed by atoms with Crippen LogP contribution in [0.15, 0.2) is 47.4 Å². The van der Waals surface area contributed by atoms with Crippen LogP contribution in [0.4, 0.5) is 5.69 Å². The molecule has 2 aliphatic heterocycles. The van der Waals surface area contributed by atoms with Crippen molar-refractivity contribution >= 4 is 21.6 Å². The van der Waals surface area contributed by atoms with Crippen LogP contribution < -0.4 is 4.90 Å². The highest BCUT2D eigenvalue weighted by Crippen LogP contribution is 2.32. The van der Waals surface area contributed by atoms with Crippen LogP contribution in [-0.4, -0.2) is 38.3 Å².